The van der Waals surface area contributed by atoms with Gasteiger partial charge in [-0.05, 0) is 13.3 Å². The zero-order valence-electron chi connectivity index (χ0n) is 7.23. The summed E-state index contributed by atoms with van der Waals surface area (Å²) in [4.78, 5) is 21.5. The van der Waals surface area contributed by atoms with Gasteiger partial charge in [-0.1, -0.05) is 0 Å². The zero-order chi connectivity index (χ0) is 10.4. The molecule has 0 radical (unpaired) electrons. The average molecular weight is 223 g/mol. The third-order valence-corrected chi connectivity index (χ3v) is 2.26. The molecule has 0 aromatic carbocycles. The Labute approximate surface area is 87.9 Å². The summed E-state index contributed by atoms with van der Waals surface area (Å²) in [6.45, 7) is 2.30. The van der Waals surface area contributed by atoms with Gasteiger partial charge in [0.1, 0.15) is 5.25 Å². The lowest BCUT2D eigenvalue weighted by Gasteiger charge is -2.12. The number of carboxylic acid groups (broad SMARTS) is 1. The number of aliphatic carboxylic acids is 1. The number of rotatable bonds is 5. The Kier molecular flexibility index (Phi) is 5.98. The van der Waals surface area contributed by atoms with Crippen molar-refractivity contribution in [3.05, 3.63) is 0 Å². The first-order chi connectivity index (χ1) is 5.99. The molecule has 4 nitrogen and oxygen atoms in total. The summed E-state index contributed by atoms with van der Waals surface area (Å²) in [5.74, 6) is -1.29. The highest BCUT2D eigenvalue weighted by Crippen LogP contribution is 2.10. The standard InChI is InChI=1S/C7H13NO3S2/c1-2-8-6(9)4(12)3-5(13)7(10)11/h4-5,12-13H,2-3H2,1H3,(H,8,9)(H,10,11). The van der Waals surface area contributed by atoms with Crippen LogP contribution in [0.3, 0.4) is 0 Å². The molecule has 0 saturated carbocycles. The first-order valence-corrected chi connectivity index (χ1v) is 4.89. The molecule has 2 atom stereocenters. The van der Waals surface area contributed by atoms with Crippen molar-refractivity contribution in [1.29, 1.82) is 0 Å². The van der Waals surface area contributed by atoms with Crippen LogP contribution in [-0.4, -0.2) is 34.0 Å². The molecule has 0 aromatic rings. The highest BCUT2D eigenvalue weighted by atomic mass is 32.1. The Bertz CT molecular complexity index is 198. The number of carbonyl (C=O) groups is 2. The van der Waals surface area contributed by atoms with Crippen molar-refractivity contribution in [3.63, 3.8) is 0 Å². The van der Waals surface area contributed by atoms with Crippen LogP contribution in [0.25, 0.3) is 0 Å². The minimum absolute atomic E-state index is 0.118. The van der Waals surface area contributed by atoms with Gasteiger partial charge in [-0.15, -0.1) is 0 Å². The monoisotopic (exact) mass is 223 g/mol. The molecule has 0 bridgehead atoms. The molecule has 6 heteroatoms. The Morgan fingerprint density at radius 2 is 1.92 bits per heavy atom. The van der Waals surface area contributed by atoms with E-state index in [1.165, 1.54) is 0 Å². The molecule has 0 fully saturated rings. The topological polar surface area (TPSA) is 66.4 Å². The van der Waals surface area contributed by atoms with E-state index in [1.54, 1.807) is 6.92 Å². The molecule has 1 amide bonds. The van der Waals surface area contributed by atoms with Crippen LogP contribution in [0.5, 0.6) is 0 Å². The number of carboxylic acids is 1. The van der Waals surface area contributed by atoms with Gasteiger partial charge in [0.25, 0.3) is 0 Å². The van der Waals surface area contributed by atoms with Crippen molar-refractivity contribution in [2.24, 2.45) is 0 Å². The molecule has 0 aromatic heterocycles. The van der Waals surface area contributed by atoms with E-state index < -0.39 is 16.5 Å². The number of hydrogen-bond acceptors (Lipinski definition) is 4. The van der Waals surface area contributed by atoms with Gasteiger partial charge >= 0.3 is 5.97 Å². The normalized spacial score (nSPS) is 14.7. The summed E-state index contributed by atoms with van der Waals surface area (Å²) in [7, 11) is 0. The van der Waals surface area contributed by atoms with E-state index in [0.717, 1.165) is 0 Å². The summed E-state index contributed by atoms with van der Waals surface area (Å²) >= 11 is 7.77. The Hall–Kier alpha value is -0.360. The van der Waals surface area contributed by atoms with Gasteiger partial charge in [0.05, 0.1) is 5.25 Å². The summed E-state index contributed by atoms with van der Waals surface area (Å²) in [5.41, 5.74) is 0. The molecule has 0 aliphatic heterocycles. The number of nitrogens with one attached hydrogen (secondary N) is 1. The van der Waals surface area contributed by atoms with Crippen LogP contribution in [0, 0.1) is 0 Å². The minimum Gasteiger partial charge on any atom is -0.480 e. The second-order valence-electron chi connectivity index (χ2n) is 2.50. The summed E-state index contributed by atoms with van der Waals surface area (Å²) in [6.07, 6.45) is 0.118. The van der Waals surface area contributed by atoms with Crippen LogP contribution < -0.4 is 5.32 Å². The van der Waals surface area contributed by atoms with Crippen LogP contribution >= 0.6 is 25.3 Å². The Balaban J connectivity index is 3.92. The molecule has 0 spiro atoms. The van der Waals surface area contributed by atoms with Crippen LogP contribution in [0.1, 0.15) is 13.3 Å². The van der Waals surface area contributed by atoms with Crippen LogP contribution in [-0.2, 0) is 9.59 Å². The van der Waals surface area contributed by atoms with Crippen molar-refractivity contribution >= 4 is 37.1 Å². The lowest BCUT2D eigenvalue weighted by Crippen LogP contribution is -2.34. The van der Waals surface area contributed by atoms with Crippen molar-refractivity contribution in [1.82, 2.24) is 5.32 Å². The lowest BCUT2D eigenvalue weighted by molar-refractivity contribution is -0.136. The maximum atomic E-state index is 11.1. The van der Waals surface area contributed by atoms with E-state index in [9.17, 15) is 9.59 Å². The smallest absolute Gasteiger partial charge is 0.316 e. The first kappa shape index (κ1) is 12.6. The maximum absolute atomic E-state index is 11.1. The highest BCUT2D eigenvalue weighted by molar-refractivity contribution is 7.82. The van der Waals surface area contributed by atoms with Crippen LogP contribution in [0.4, 0.5) is 0 Å². The molecule has 0 aliphatic rings. The second kappa shape index (κ2) is 6.15. The number of amides is 1. The van der Waals surface area contributed by atoms with Crippen molar-refractivity contribution in [2.75, 3.05) is 6.54 Å². The van der Waals surface area contributed by atoms with E-state index in [1.807, 2.05) is 0 Å². The van der Waals surface area contributed by atoms with Crippen molar-refractivity contribution in [3.8, 4) is 0 Å². The summed E-state index contributed by atoms with van der Waals surface area (Å²) in [6, 6.07) is 0. The lowest BCUT2D eigenvalue weighted by atomic mass is 10.2. The third kappa shape index (κ3) is 5.05. The molecule has 2 unspecified atom stereocenters. The fourth-order valence-corrected chi connectivity index (χ4v) is 1.39. The summed E-state index contributed by atoms with van der Waals surface area (Å²) in [5, 5.41) is 9.59. The molecule has 0 heterocycles. The molecular formula is C7H13NO3S2. The van der Waals surface area contributed by atoms with Gasteiger partial charge in [-0.25, -0.2) is 0 Å². The molecule has 0 rings (SSSR count). The van der Waals surface area contributed by atoms with Gasteiger partial charge < -0.3 is 10.4 Å². The largest absolute Gasteiger partial charge is 0.480 e. The van der Waals surface area contributed by atoms with Crippen molar-refractivity contribution in [2.45, 2.75) is 23.8 Å². The maximum Gasteiger partial charge on any atom is 0.316 e. The van der Waals surface area contributed by atoms with Gasteiger partial charge in [0.15, 0.2) is 0 Å². The Morgan fingerprint density at radius 1 is 1.38 bits per heavy atom. The molecule has 76 valence electrons. The minimum atomic E-state index is -1.04. The molecule has 13 heavy (non-hydrogen) atoms. The first-order valence-electron chi connectivity index (χ1n) is 3.85. The number of hydrogen-bond donors (Lipinski definition) is 4. The fraction of sp³-hybridized carbons (Fsp3) is 0.714. The van der Waals surface area contributed by atoms with Crippen molar-refractivity contribution < 1.29 is 14.7 Å². The number of thiol groups is 2. The predicted octanol–water partition coefficient (Wildman–Crippen LogP) is 0.194. The SMILES string of the molecule is CCNC(=O)C(S)CC(S)C(=O)O. The quantitative estimate of drug-likeness (QED) is 0.503. The van der Waals surface area contributed by atoms with Crippen LogP contribution in [0.15, 0.2) is 0 Å². The van der Waals surface area contributed by atoms with Gasteiger partial charge in [-0.3, -0.25) is 9.59 Å². The van der Waals surface area contributed by atoms with Gasteiger partial charge in [0, 0.05) is 6.54 Å². The predicted molar refractivity (Wildman–Crippen MR) is 56.5 cm³/mol. The zero-order valence-corrected chi connectivity index (χ0v) is 9.02. The van der Waals surface area contributed by atoms with E-state index in [4.69, 9.17) is 5.11 Å². The Morgan fingerprint density at radius 3 is 2.31 bits per heavy atom. The van der Waals surface area contributed by atoms with Crippen LogP contribution in [0.2, 0.25) is 0 Å². The van der Waals surface area contributed by atoms with E-state index in [2.05, 4.69) is 30.6 Å². The number of carbonyl (C=O) groups excluding carboxylic acids is 1. The third-order valence-electron chi connectivity index (χ3n) is 1.39. The summed E-state index contributed by atoms with van der Waals surface area (Å²) < 4.78 is 0. The average Bonchev–Trinajstić information content (AvgIpc) is 2.04. The molecular weight excluding hydrogens is 210 g/mol. The highest BCUT2D eigenvalue weighted by Gasteiger charge is 2.21. The van der Waals surface area contributed by atoms with E-state index in [-0.39, 0.29) is 12.3 Å². The fourth-order valence-electron chi connectivity index (χ4n) is 0.711. The van der Waals surface area contributed by atoms with Gasteiger partial charge in [-0.2, -0.15) is 25.3 Å². The van der Waals surface area contributed by atoms with E-state index >= 15 is 0 Å². The van der Waals surface area contributed by atoms with Gasteiger partial charge in [0.2, 0.25) is 5.91 Å². The second-order valence-corrected chi connectivity index (χ2v) is 3.75. The molecule has 0 aliphatic carbocycles. The molecule has 0 saturated heterocycles. The van der Waals surface area contributed by atoms with E-state index in [0.29, 0.717) is 6.54 Å². The molecule has 2 N–H and O–H groups in total.